The highest BCUT2D eigenvalue weighted by atomic mass is 16.5. The van der Waals surface area contributed by atoms with Crippen molar-refractivity contribution in [2.75, 3.05) is 7.11 Å². The summed E-state index contributed by atoms with van der Waals surface area (Å²) in [6, 6.07) is 5.05. The monoisotopic (exact) mass is 164 g/mol. The maximum Gasteiger partial charge on any atom is 0.164 e. The van der Waals surface area contributed by atoms with Gasteiger partial charge in [0.15, 0.2) is 11.5 Å². The van der Waals surface area contributed by atoms with Crippen LogP contribution in [-0.4, -0.2) is 12.2 Å². The minimum atomic E-state index is 0.131. The Morgan fingerprint density at radius 3 is 3.00 bits per heavy atom. The molecule has 0 radical (unpaired) electrons. The highest BCUT2D eigenvalue weighted by molar-refractivity contribution is 5.81. The second-order valence-corrected chi connectivity index (χ2v) is 2.48. The molecule has 0 saturated carbocycles. The van der Waals surface area contributed by atoms with E-state index in [4.69, 9.17) is 9.15 Å². The van der Waals surface area contributed by atoms with Crippen molar-refractivity contribution < 1.29 is 14.3 Å². The van der Waals surface area contributed by atoms with Crippen LogP contribution in [0.2, 0.25) is 0 Å². The molecule has 2 aromatic rings. The lowest BCUT2D eigenvalue weighted by atomic mass is 10.2. The van der Waals surface area contributed by atoms with Crippen LogP contribution >= 0.6 is 0 Å². The van der Waals surface area contributed by atoms with E-state index < -0.39 is 0 Å². The van der Waals surface area contributed by atoms with Gasteiger partial charge in [-0.15, -0.1) is 0 Å². The van der Waals surface area contributed by atoms with Gasteiger partial charge in [0.1, 0.15) is 5.58 Å². The largest absolute Gasteiger partial charge is 0.504 e. The van der Waals surface area contributed by atoms with Gasteiger partial charge in [-0.3, -0.25) is 0 Å². The summed E-state index contributed by atoms with van der Waals surface area (Å²) in [5, 5.41) is 10.2. The van der Waals surface area contributed by atoms with Crippen LogP contribution in [0.1, 0.15) is 0 Å². The third-order valence-electron chi connectivity index (χ3n) is 1.75. The van der Waals surface area contributed by atoms with Crippen LogP contribution in [0.3, 0.4) is 0 Å². The van der Waals surface area contributed by atoms with E-state index in [0.717, 1.165) is 5.39 Å². The van der Waals surface area contributed by atoms with Gasteiger partial charge in [-0.25, -0.2) is 0 Å². The summed E-state index contributed by atoms with van der Waals surface area (Å²) >= 11 is 0. The lowest BCUT2D eigenvalue weighted by Crippen LogP contribution is -1.82. The molecule has 0 bridgehead atoms. The molecule has 0 unspecified atom stereocenters. The van der Waals surface area contributed by atoms with Crippen molar-refractivity contribution in [2.24, 2.45) is 0 Å². The van der Waals surface area contributed by atoms with Crippen LogP contribution < -0.4 is 4.74 Å². The highest BCUT2D eigenvalue weighted by Crippen LogP contribution is 2.31. The Morgan fingerprint density at radius 1 is 1.42 bits per heavy atom. The van der Waals surface area contributed by atoms with E-state index in [2.05, 4.69) is 0 Å². The van der Waals surface area contributed by atoms with Crippen molar-refractivity contribution in [3.8, 4) is 11.5 Å². The molecule has 0 aliphatic heterocycles. The van der Waals surface area contributed by atoms with Crippen LogP contribution in [0.25, 0.3) is 11.0 Å². The standard InChI is InChI=1S/C9H8O3/c1-11-9-5-8-6(2-3-12-8)4-7(9)10/h2-5,10H,1H3. The van der Waals surface area contributed by atoms with Gasteiger partial charge in [-0.1, -0.05) is 0 Å². The Bertz CT molecular complexity index is 403. The zero-order valence-electron chi connectivity index (χ0n) is 6.57. The number of benzene rings is 1. The summed E-state index contributed by atoms with van der Waals surface area (Å²) in [5.41, 5.74) is 0.713. The van der Waals surface area contributed by atoms with Gasteiger partial charge in [-0.2, -0.15) is 0 Å². The number of methoxy groups -OCH3 is 1. The molecule has 2 rings (SSSR count). The van der Waals surface area contributed by atoms with E-state index >= 15 is 0 Å². The average Bonchev–Trinajstić information content (AvgIpc) is 2.49. The predicted molar refractivity (Wildman–Crippen MR) is 44.4 cm³/mol. The number of hydrogen-bond donors (Lipinski definition) is 1. The average molecular weight is 164 g/mol. The normalized spacial score (nSPS) is 10.4. The lowest BCUT2D eigenvalue weighted by Gasteiger charge is -2.01. The van der Waals surface area contributed by atoms with E-state index in [9.17, 15) is 5.11 Å². The number of rotatable bonds is 1. The van der Waals surface area contributed by atoms with Crippen LogP contribution in [0.4, 0.5) is 0 Å². The predicted octanol–water partition coefficient (Wildman–Crippen LogP) is 2.15. The second kappa shape index (κ2) is 2.44. The fourth-order valence-electron chi connectivity index (χ4n) is 1.14. The number of hydrogen-bond acceptors (Lipinski definition) is 3. The molecular weight excluding hydrogens is 156 g/mol. The molecule has 3 nitrogen and oxygen atoms in total. The second-order valence-electron chi connectivity index (χ2n) is 2.48. The van der Waals surface area contributed by atoms with Crippen LogP contribution in [-0.2, 0) is 0 Å². The topological polar surface area (TPSA) is 42.6 Å². The zero-order chi connectivity index (χ0) is 8.55. The van der Waals surface area contributed by atoms with Crippen molar-refractivity contribution in [1.29, 1.82) is 0 Å². The summed E-state index contributed by atoms with van der Waals surface area (Å²) in [5.74, 6) is 0.559. The maximum atomic E-state index is 9.36. The van der Waals surface area contributed by atoms with Gasteiger partial charge in [0.2, 0.25) is 0 Å². The van der Waals surface area contributed by atoms with E-state index in [1.807, 2.05) is 0 Å². The lowest BCUT2D eigenvalue weighted by molar-refractivity contribution is 0.373. The summed E-state index contributed by atoms with van der Waals surface area (Å²) < 4.78 is 10.0. The molecule has 3 heteroatoms. The van der Waals surface area contributed by atoms with E-state index in [1.165, 1.54) is 7.11 Å². The van der Waals surface area contributed by atoms with Crippen LogP contribution in [0.5, 0.6) is 11.5 Å². The van der Waals surface area contributed by atoms with Gasteiger partial charge < -0.3 is 14.3 Å². The summed E-state index contributed by atoms with van der Waals surface area (Å²) in [7, 11) is 1.50. The number of fused-ring (bicyclic) bond motifs is 1. The molecule has 1 N–H and O–H groups in total. The number of furan rings is 1. The number of ether oxygens (including phenoxy) is 1. The van der Waals surface area contributed by atoms with Gasteiger partial charge in [-0.05, 0) is 12.1 Å². The van der Waals surface area contributed by atoms with E-state index in [-0.39, 0.29) is 5.75 Å². The van der Waals surface area contributed by atoms with Crippen molar-refractivity contribution >= 4 is 11.0 Å². The minimum absolute atomic E-state index is 0.131. The van der Waals surface area contributed by atoms with Crippen molar-refractivity contribution in [3.63, 3.8) is 0 Å². The van der Waals surface area contributed by atoms with Crippen LogP contribution in [0.15, 0.2) is 28.9 Å². The Kier molecular flexibility index (Phi) is 1.43. The van der Waals surface area contributed by atoms with Crippen molar-refractivity contribution in [1.82, 2.24) is 0 Å². The molecule has 12 heavy (non-hydrogen) atoms. The maximum absolute atomic E-state index is 9.36. The Labute approximate surface area is 69.2 Å². The smallest absolute Gasteiger partial charge is 0.164 e. The molecule has 0 spiro atoms. The van der Waals surface area contributed by atoms with E-state index in [0.29, 0.717) is 11.3 Å². The summed E-state index contributed by atoms with van der Waals surface area (Å²) in [6.45, 7) is 0. The molecule has 1 heterocycles. The molecule has 0 saturated heterocycles. The molecular formula is C9H8O3. The number of aromatic hydroxyl groups is 1. The fraction of sp³-hybridized carbons (Fsp3) is 0.111. The molecule has 1 aromatic heterocycles. The molecule has 62 valence electrons. The first-order valence-corrected chi connectivity index (χ1v) is 3.55. The van der Waals surface area contributed by atoms with E-state index in [1.54, 1.807) is 24.5 Å². The third kappa shape index (κ3) is 0.906. The first-order chi connectivity index (χ1) is 5.81. The molecule has 1 aromatic carbocycles. The SMILES string of the molecule is COc1cc2occc2cc1O. The summed E-state index contributed by atoms with van der Waals surface area (Å²) in [4.78, 5) is 0. The van der Waals surface area contributed by atoms with Crippen molar-refractivity contribution in [2.45, 2.75) is 0 Å². The first kappa shape index (κ1) is 7.03. The Hall–Kier alpha value is -1.64. The third-order valence-corrected chi connectivity index (χ3v) is 1.75. The number of phenols is 1. The summed E-state index contributed by atoms with van der Waals surface area (Å²) in [6.07, 6.45) is 1.57. The minimum Gasteiger partial charge on any atom is -0.504 e. The highest BCUT2D eigenvalue weighted by Gasteiger charge is 2.04. The van der Waals surface area contributed by atoms with Gasteiger partial charge in [0.05, 0.1) is 13.4 Å². The molecule has 0 aliphatic carbocycles. The van der Waals surface area contributed by atoms with Crippen molar-refractivity contribution in [3.05, 3.63) is 24.5 Å². The van der Waals surface area contributed by atoms with Gasteiger partial charge in [0.25, 0.3) is 0 Å². The van der Waals surface area contributed by atoms with Gasteiger partial charge >= 0.3 is 0 Å². The zero-order valence-corrected chi connectivity index (χ0v) is 6.57. The Morgan fingerprint density at radius 2 is 2.25 bits per heavy atom. The molecule has 0 aliphatic rings. The quantitative estimate of drug-likeness (QED) is 0.702. The first-order valence-electron chi connectivity index (χ1n) is 3.55. The number of phenolic OH excluding ortho intramolecular Hbond substituents is 1. The Balaban J connectivity index is 2.73. The van der Waals surface area contributed by atoms with Gasteiger partial charge in [0, 0.05) is 11.5 Å². The fourth-order valence-corrected chi connectivity index (χ4v) is 1.14. The molecule has 0 amide bonds. The molecule has 0 fully saturated rings. The van der Waals surface area contributed by atoms with Crippen LogP contribution in [0, 0.1) is 0 Å². The molecule has 0 atom stereocenters.